The van der Waals surface area contributed by atoms with E-state index in [-0.39, 0.29) is 12.6 Å². The minimum atomic E-state index is -0.347. The summed E-state index contributed by atoms with van der Waals surface area (Å²) in [5, 5.41) is 9.52. The summed E-state index contributed by atoms with van der Waals surface area (Å²) < 4.78 is 4.88. The molecule has 2 aromatic carbocycles. The number of rotatable bonds is 5. The molecule has 1 fully saturated rings. The predicted octanol–water partition coefficient (Wildman–Crippen LogP) is 4.36. The van der Waals surface area contributed by atoms with Crippen molar-refractivity contribution >= 4 is 23.6 Å². The van der Waals surface area contributed by atoms with E-state index in [0.717, 1.165) is 59.6 Å². The molecule has 2 aromatic rings. The van der Waals surface area contributed by atoms with Crippen molar-refractivity contribution in [3.8, 4) is 0 Å². The number of benzene rings is 2. The normalized spacial score (nSPS) is 17.0. The van der Waals surface area contributed by atoms with Crippen LogP contribution < -0.4 is 4.90 Å². The van der Waals surface area contributed by atoms with Gasteiger partial charge in [-0.05, 0) is 80.0 Å². The fraction of sp³-hybridized carbons (Fsp3) is 0.417. The summed E-state index contributed by atoms with van der Waals surface area (Å²) in [6, 6.07) is 10.1. The van der Waals surface area contributed by atoms with Gasteiger partial charge < -0.3 is 14.7 Å². The van der Waals surface area contributed by atoms with Gasteiger partial charge in [0.25, 0.3) is 0 Å². The third kappa shape index (κ3) is 4.67. The molecule has 29 heavy (non-hydrogen) atoms. The zero-order valence-corrected chi connectivity index (χ0v) is 17.7. The van der Waals surface area contributed by atoms with Gasteiger partial charge >= 0.3 is 5.97 Å². The van der Waals surface area contributed by atoms with Gasteiger partial charge in [-0.15, -0.1) is 0 Å². The molecule has 1 saturated heterocycles. The van der Waals surface area contributed by atoms with Crippen molar-refractivity contribution in [3.63, 3.8) is 0 Å². The second kappa shape index (κ2) is 9.23. The highest BCUT2D eigenvalue weighted by Crippen LogP contribution is 2.28. The Morgan fingerprint density at radius 1 is 1.24 bits per heavy atom. The van der Waals surface area contributed by atoms with Crippen LogP contribution in [0.2, 0.25) is 0 Å². The van der Waals surface area contributed by atoms with Crippen LogP contribution in [-0.2, 0) is 4.74 Å². The van der Waals surface area contributed by atoms with Crippen LogP contribution in [0.1, 0.15) is 45.5 Å². The number of aryl methyl sites for hydroxylation is 2. The van der Waals surface area contributed by atoms with E-state index in [1.807, 2.05) is 26.1 Å². The minimum absolute atomic E-state index is 0.242. The monoisotopic (exact) mass is 394 g/mol. The molecule has 5 nitrogen and oxygen atoms in total. The Hall–Kier alpha value is -2.66. The van der Waals surface area contributed by atoms with Gasteiger partial charge in [0.15, 0.2) is 0 Å². The number of hydrogen-bond donors (Lipinski definition) is 1. The number of methoxy groups -OCH3 is 1. The number of piperidine rings is 1. The number of anilines is 1. The quantitative estimate of drug-likeness (QED) is 0.605. The lowest BCUT2D eigenvalue weighted by atomic mass is 9.98. The predicted molar refractivity (Wildman–Crippen MR) is 118 cm³/mol. The van der Waals surface area contributed by atoms with Crippen molar-refractivity contribution in [1.82, 2.24) is 0 Å². The Balaban J connectivity index is 1.91. The van der Waals surface area contributed by atoms with E-state index in [1.54, 1.807) is 6.07 Å². The first-order chi connectivity index (χ1) is 13.9. The fourth-order valence-electron chi connectivity index (χ4n) is 3.91. The zero-order chi connectivity index (χ0) is 21.0. The van der Waals surface area contributed by atoms with Crippen molar-refractivity contribution in [2.24, 2.45) is 10.9 Å². The maximum absolute atomic E-state index is 12.0. The SMILES string of the molecule is COC(=O)c1ccc(C)c(N=Cc2cc(N3CCCC(CO)C3)ccc2C)c1C. The van der Waals surface area contributed by atoms with Crippen LogP contribution >= 0.6 is 0 Å². The van der Waals surface area contributed by atoms with Crippen LogP contribution in [0.25, 0.3) is 0 Å². The Bertz CT molecular complexity index is 921. The Morgan fingerprint density at radius 3 is 2.72 bits per heavy atom. The fourth-order valence-corrected chi connectivity index (χ4v) is 3.91. The van der Waals surface area contributed by atoms with Crippen LogP contribution in [0.4, 0.5) is 11.4 Å². The number of esters is 1. The topological polar surface area (TPSA) is 62.1 Å². The first-order valence-electron chi connectivity index (χ1n) is 10.1. The van der Waals surface area contributed by atoms with E-state index in [2.05, 4.69) is 30.0 Å². The number of carbonyl (C=O) groups excluding carboxylic acids is 1. The molecule has 1 aliphatic heterocycles. The third-order valence-corrected chi connectivity index (χ3v) is 5.78. The van der Waals surface area contributed by atoms with Crippen molar-refractivity contribution in [2.75, 3.05) is 31.7 Å². The van der Waals surface area contributed by atoms with Crippen LogP contribution in [0.5, 0.6) is 0 Å². The summed E-state index contributed by atoms with van der Waals surface area (Å²) in [5.74, 6) is -0.00538. The van der Waals surface area contributed by atoms with E-state index >= 15 is 0 Å². The summed E-state index contributed by atoms with van der Waals surface area (Å²) >= 11 is 0. The number of aliphatic imine (C=N–C) groups is 1. The molecule has 3 rings (SSSR count). The van der Waals surface area contributed by atoms with E-state index in [1.165, 1.54) is 7.11 Å². The second-order valence-corrected chi connectivity index (χ2v) is 7.83. The lowest BCUT2D eigenvalue weighted by Gasteiger charge is -2.34. The van der Waals surface area contributed by atoms with Gasteiger partial charge in [-0.1, -0.05) is 12.1 Å². The molecule has 1 aliphatic rings. The van der Waals surface area contributed by atoms with E-state index in [4.69, 9.17) is 9.73 Å². The maximum atomic E-state index is 12.0. The summed E-state index contributed by atoms with van der Waals surface area (Å²) in [6.45, 7) is 8.10. The van der Waals surface area contributed by atoms with Crippen LogP contribution in [0.3, 0.4) is 0 Å². The number of aliphatic hydroxyl groups excluding tert-OH is 1. The average Bonchev–Trinajstić information content (AvgIpc) is 2.74. The summed E-state index contributed by atoms with van der Waals surface area (Å²) in [7, 11) is 1.39. The van der Waals surface area contributed by atoms with Gasteiger partial charge in [0, 0.05) is 31.6 Å². The molecule has 1 N–H and O–H groups in total. The molecule has 0 radical (unpaired) electrons. The lowest BCUT2D eigenvalue weighted by Crippen LogP contribution is -2.36. The molecule has 0 aliphatic carbocycles. The lowest BCUT2D eigenvalue weighted by molar-refractivity contribution is 0.0600. The highest BCUT2D eigenvalue weighted by atomic mass is 16.5. The molecule has 0 amide bonds. The van der Waals surface area contributed by atoms with Gasteiger partial charge in [0.2, 0.25) is 0 Å². The van der Waals surface area contributed by atoms with Gasteiger partial charge in [-0.2, -0.15) is 0 Å². The molecular weight excluding hydrogens is 364 g/mol. The van der Waals surface area contributed by atoms with Gasteiger partial charge in [0.1, 0.15) is 0 Å². The van der Waals surface area contributed by atoms with Crippen LogP contribution in [0.15, 0.2) is 35.3 Å². The van der Waals surface area contributed by atoms with Crippen molar-refractivity contribution < 1.29 is 14.6 Å². The minimum Gasteiger partial charge on any atom is -0.465 e. The highest BCUT2D eigenvalue weighted by Gasteiger charge is 2.20. The second-order valence-electron chi connectivity index (χ2n) is 7.83. The highest BCUT2D eigenvalue weighted by molar-refractivity contribution is 5.94. The van der Waals surface area contributed by atoms with E-state index in [9.17, 15) is 9.90 Å². The largest absolute Gasteiger partial charge is 0.465 e. The standard InChI is InChI=1S/C24H30N2O3/c1-16-7-9-21(26-11-5-6-19(14-26)15-27)12-20(16)13-25-23-17(2)8-10-22(18(23)3)24(28)29-4/h7-10,12-13,19,27H,5-6,11,14-15H2,1-4H3. The van der Waals surface area contributed by atoms with E-state index in [0.29, 0.717) is 11.5 Å². The molecule has 1 heterocycles. The summed E-state index contributed by atoms with van der Waals surface area (Å²) in [4.78, 5) is 19.1. The van der Waals surface area contributed by atoms with E-state index < -0.39 is 0 Å². The van der Waals surface area contributed by atoms with Crippen molar-refractivity contribution in [3.05, 3.63) is 58.1 Å². The molecule has 0 bridgehead atoms. The number of hydrogen-bond acceptors (Lipinski definition) is 5. The Morgan fingerprint density at radius 2 is 2.00 bits per heavy atom. The smallest absolute Gasteiger partial charge is 0.338 e. The molecule has 1 unspecified atom stereocenters. The molecule has 1 atom stereocenters. The van der Waals surface area contributed by atoms with Crippen molar-refractivity contribution in [2.45, 2.75) is 33.6 Å². The maximum Gasteiger partial charge on any atom is 0.338 e. The first-order valence-corrected chi connectivity index (χ1v) is 10.1. The van der Waals surface area contributed by atoms with Crippen LogP contribution in [-0.4, -0.2) is 44.1 Å². The number of nitrogens with zero attached hydrogens (tertiary/aromatic N) is 2. The average molecular weight is 395 g/mol. The van der Waals surface area contributed by atoms with Crippen molar-refractivity contribution in [1.29, 1.82) is 0 Å². The molecule has 0 saturated carbocycles. The molecule has 0 aromatic heterocycles. The first kappa shape index (κ1) is 21.1. The molecular formula is C24H30N2O3. The van der Waals surface area contributed by atoms with Gasteiger partial charge in [-0.25, -0.2) is 4.79 Å². The van der Waals surface area contributed by atoms with Crippen LogP contribution in [0, 0.1) is 26.7 Å². The Kier molecular flexibility index (Phi) is 6.70. The molecule has 154 valence electrons. The third-order valence-electron chi connectivity index (χ3n) is 5.78. The summed E-state index contributed by atoms with van der Waals surface area (Å²) in [6.07, 6.45) is 4.06. The zero-order valence-electron chi connectivity index (χ0n) is 17.7. The van der Waals surface area contributed by atoms with Gasteiger partial charge in [-0.3, -0.25) is 4.99 Å². The number of carbonyl (C=O) groups is 1. The Labute approximate surface area is 173 Å². The molecule has 5 heteroatoms. The molecule has 0 spiro atoms. The number of aliphatic hydroxyl groups is 1. The van der Waals surface area contributed by atoms with Gasteiger partial charge in [0.05, 0.1) is 18.4 Å². The number of ether oxygens (including phenoxy) is 1. The summed E-state index contributed by atoms with van der Waals surface area (Å²) in [5.41, 5.74) is 6.54.